The van der Waals surface area contributed by atoms with E-state index in [1.165, 1.54) is 11.3 Å². The van der Waals surface area contributed by atoms with Gasteiger partial charge in [0.1, 0.15) is 13.2 Å². The van der Waals surface area contributed by atoms with E-state index in [0.717, 1.165) is 17.9 Å². The third-order valence-electron chi connectivity index (χ3n) is 2.70. The van der Waals surface area contributed by atoms with Gasteiger partial charge in [0.15, 0.2) is 11.5 Å². The van der Waals surface area contributed by atoms with E-state index in [2.05, 4.69) is 18.3 Å². The monoisotopic (exact) mass is 191 g/mol. The van der Waals surface area contributed by atoms with Crippen LogP contribution in [0.25, 0.3) is 0 Å². The maximum absolute atomic E-state index is 5.53. The SMILES string of the molecule is CC1Cc2cc3c(cc2N1)OCCO3. The summed E-state index contributed by atoms with van der Waals surface area (Å²) in [6.07, 6.45) is 1.08. The fraction of sp³-hybridized carbons (Fsp3) is 0.455. The van der Waals surface area contributed by atoms with E-state index in [9.17, 15) is 0 Å². The van der Waals surface area contributed by atoms with E-state index in [0.29, 0.717) is 19.3 Å². The van der Waals surface area contributed by atoms with Gasteiger partial charge in [0, 0.05) is 17.8 Å². The molecule has 0 saturated heterocycles. The van der Waals surface area contributed by atoms with Crippen LogP contribution in [-0.2, 0) is 6.42 Å². The maximum atomic E-state index is 5.53. The molecule has 3 rings (SSSR count). The van der Waals surface area contributed by atoms with Gasteiger partial charge in [-0.3, -0.25) is 0 Å². The number of nitrogens with one attached hydrogen (secondary N) is 1. The number of benzene rings is 1. The second kappa shape index (κ2) is 2.80. The second-order valence-electron chi connectivity index (χ2n) is 3.90. The first-order chi connectivity index (χ1) is 6.83. The highest BCUT2D eigenvalue weighted by Crippen LogP contribution is 2.38. The zero-order valence-corrected chi connectivity index (χ0v) is 8.17. The molecule has 2 heterocycles. The molecule has 1 aromatic carbocycles. The summed E-state index contributed by atoms with van der Waals surface area (Å²) in [5.41, 5.74) is 2.53. The van der Waals surface area contributed by atoms with Crippen LogP contribution < -0.4 is 14.8 Å². The Kier molecular flexibility index (Phi) is 1.60. The van der Waals surface area contributed by atoms with E-state index in [1.54, 1.807) is 0 Å². The molecule has 0 aliphatic carbocycles. The first kappa shape index (κ1) is 7.97. The molecule has 0 bridgehead atoms. The number of hydrogen-bond donors (Lipinski definition) is 1. The highest BCUT2D eigenvalue weighted by molar-refractivity contribution is 5.64. The minimum absolute atomic E-state index is 0.522. The Morgan fingerprint density at radius 2 is 1.93 bits per heavy atom. The molecule has 0 saturated carbocycles. The van der Waals surface area contributed by atoms with Crippen molar-refractivity contribution in [1.82, 2.24) is 0 Å². The largest absolute Gasteiger partial charge is 0.486 e. The van der Waals surface area contributed by atoms with Gasteiger partial charge in [-0.15, -0.1) is 0 Å². The molecule has 74 valence electrons. The summed E-state index contributed by atoms with van der Waals surface area (Å²) >= 11 is 0. The molecule has 1 unspecified atom stereocenters. The molecule has 0 radical (unpaired) electrons. The van der Waals surface area contributed by atoms with Gasteiger partial charge >= 0.3 is 0 Å². The van der Waals surface area contributed by atoms with E-state index in [4.69, 9.17) is 9.47 Å². The van der Waals surface area contributed by atoms with E-state index in [-0.39, 0.29) is 0 Å². The molecule has 0 fully saturated rings. The molecule has 1 atom stereocenters. The quantitative estimate of drug-likeness (QED) is 0.678. The molecule has 3 nitrogen and oxygen atoms in total. The topological polar surface area (TPSA) is 30.5 Å². The van der Waals surface area contributed by atoms with Gasteiger partial charge in [-0.1, -0.05) is 0 Å². The minimum atomic E-state index is 0.522. The zero-order chi connectivity index (χ0) is 9.54. The zero-order valence-electron chi connectivity index (χ0n) is 8.17. The summed E-state index contributed by atoms with van der Waals surface area (Å²) in [6, 6.07) is 4.67. The highest BCUT2D eigenvalue weighted by Gasteiger charge is 2.21. The van der Waals surface area contributed by atoms with Crippen molar-refractivity contribution < 1.29 is 9.47 Å². The highest BCUT2D eigenvalue weighted by atomic mass is 16.6. The van der Waals surface area contributed by atoms with E-state index >= 15 is 0 Å². The summed E-state index contributed by atoms with van der Waals surface area (Å²) < 4.78 is 11.1. The van der Waals surface area contributed by atoms with Crippen LogP contribution in [0, 0.1) is 0 Å². The standard InChI is InChI=1S/C11H13NO2/c1-7-4-8-5-10-11(6-9(8)12-7)14-3-2-13-10/h5-7,12H,2-4H2,1H3. The molecular formula is C11H13NO2. The van der Waals surface area contributed by atoms with E-state index in [1.807, 2.05) is 6.07 Å². The predicted molar refractivity (Wildman–Crippen MR) is 54.2 cm³/mol. The average molecular weight is 191 g/mol. The smallest absolute Gasteiger partial charge is 0.163 e. The number of hydrogen-bond acceptors (Lipinski definition) is 3. The molecular weight excluding hydrogens is 178 g/mol. The van der Waals surface area contributed by atoms with Crippen molar-refractivity contribution in [2.24, 2.45) is 0 Å². The Hall–Kier alpha value is -1.38. The third kappa shape index (κ3) is 1.12. The Balaban J connectivity index is 2.06. The molecule has 2 aliphatic heterocycles. The lowest BCUT2D eigenvalue weighted by molar-refractivity contribution is 0.171. The van der Waals surface area contributed by atoms with Crippen LogP contribution in [0.1, 0.15) is 12.5 Å². The Labute approximate surface area is 83.0 Å². The van der Waals surface area contributed by atoms with Gasteiger partial charge in [-0.05, 0) is 25.0 Å². The van der Waals surface area contributed by atoms with Gasteiger partial charge in [0.25, 0.3) is 0 Å². The number of ether oxygens (including phenoxy) is 2. The van der Waals surface area contributed by atoms with Crippen LogP contribution in [0.15, 0.2) is 12.1 Å². The average Bonchev–Trinajstić information content (AvgIpc) is 2.53. The molecule has 0 amide bonds. The van der Waals surface area contributed by atoms with Crippen LogP contribution in [0.3, 0.4) is 0 Å². The fourth-order valence-corrected chi connectivity index (χ4v) is 2.08. The molecule has 1 aromatic rings. The third-order valence-corrected chi connectivity index (χ3v) is 2.70. The van der Waals surface area contributed by atoms with Crippen molar-refractivity contribution in [3.05, 3.63) is 17.7 Å². The first-order valence-corrected chi connectivity index (χ1v) is 5.02. The number of fused-ring (bicyclic) bond motifs is 2. The van der Waals surface area contributed by atoms with Gasteiger partial charge in [-0.25, -0.2) is 0 Å². The molecule has 2 aliphatic rings. The number of anilines is 1. The first-order valence-electron chi connectivity index (χ1n) is 5.02. The van der Waals surface area contributed by atoms with Crippen molar-refractivity contribution >= 4 is 5.69 Å². The summed E-state index contributed by atoms with van der Waals surface area (Å²) in [7, 11) is 0. The number of rotatable bonds is 0. The van der Waals surface area contributed by atoms with Crippen LogP contribution in [0.5, 0.6) is 11.5 Å². The van der Waals surface area contributed by atoms with Crippen molar-refractivity contribution in [1.29, 1.82) is 0 Å². The van der Waals surface area contributed by atoms with Gasteiger partial charge in [0.2, 0.25) is 0 Å². The lowest BCUT2D eigenvalue weighted by Crippen LogP contribution is -2.15. The van der Waals surface area contributed by atoms with E-state index < -0.39 is 0 Å². The van der Waals surface area contributed by atoms with Crippen molar-refractivity contribution in [3.63, 3.8) is 0 Å². The van der Waals surface area contributed by atoms with Crippen molar-refractivity contribution in [3.8, 4) is 11.5 Å². The molecule has 0 spiro atoms. The van der Waals surface area contributed by atoms with Gasteiger partial charge in [0.05, 0.1) is 0 Å². The van der Waals surface area contributed by atoms with Crippen LogP contribution in [0.2, 0.25) is 0 Å². The maximum Gasteiger partial charge on any atom is 0.163 e. The van der Waals surface area contributed by atoms with Crippen LogP contribution in [-0.4, -0.2) is 19.3 Å². The normalized spacial score (nSPS) is 22.8. The summed E-state index contributed by atoms with van der Waals surface area (Å²) in [6.45, 7) is 3.50. The van der Waals surface area contributed by atoms with Gasteiger partial charge < -0.3 is 14.8 Å². The molecule has 0 aromatic heterocycles. The Bertz CT molecular complexity index is 341. The summed E-state index contributed by atoms with van der Waals surface area (Å²) in [4.78, 5) is 0. The lowest BCUT2D eigenvalue weighted by atomic mass is 10.1. The Morgan fingerprint density at radius 1 is 1.21 bits per heavy atom. The molecule has 3 heteroatoms. The summed E-state index contributed by atoms with van der Waals surface area (Å²) in [5.74, 6) is 1.77. The fourth-order valence-electron chi connectivity index (χ4n) is 2.08. The minimum Gasteiger partial charge on any atom is -0.486 e. The van der Waals surface area contributed by atoms with Crippen LogP contribution in [0.4, 0.5) is 5.69 Å². The van der Waals surface area contributed by atoms with Crippen molar-refractivity contribution in [2.45, 2.75) is 19.4 Å². The summed E-state index contributed by atoms with van der Waals surface area (Å²) in [5, 5.41) is 3.41. The molecule has 1 N–H and O–H groups in total. The van der Waals surface area contributed by atoms with Crippen LogP contribution >= 0.6 is 0 Å². The molecule has 14 heavy (non-hydrogen) atoms. The Morgan fingerprint density at radius 3 is 2.71 bits per heavy atom. The van der Waals surface area contributed by atoms with Gasteiger partial charge in [-0.2, -0.15) is 0 Å². The second-order valence-corrected chi connectivity index (χ2v) is 3.90. The predicted octanol–water partition coefficient (Wildman–Crippen LogP) is 1.81. The van der Waals surface area contributed by atoms with Crippen molar-refractivity contribution in [2.75, 3.05) is 18.5 Å². The lowest BCUT2D eigenvalue weighted by Gasteiger charge is -2.19.